The highest BCUT2D eigenvalue weighted by molar-refractivity contribution is 5.97. The fraction of sp³-hybridized carbons (Fsp3) is 0.0357. The van der Waals surface area contributed by atoms with Gasteiger partial charge in [0.15, 0.2) is 11.6 Å². The van der Waals surface area contributed by atoms with E-state index >= 15 is 0 Å². The average molecular weight is 847 g/mol. The molecule has 0 amide bonds. The average Bonchev–Trinajstić information content (AvgIpc) is 3.34. The molecule has 0 fully saturated rings. The molecule has 0 N–H and O–H groups in total. The zero-order chi connectivity index (χ0) is 44.3. The third-order valence-electron chi connectivity index (χ3n) is 10.8. The Kier molecular flexibility index (Phi) is 10.8. The van der Waals surface area contributed by atoms with Crippen LogP contribution in [0.5, 0.6) is 34.5 Å². The number of rotatable bonds is 12. The predicted molar refractivity (Wildman–Crippen MR) is 254 cm³/mol. The van der Waals surface area contributed by atoms with Crippen LogP contribution in [0.3, 0.4) is 0 Å². The summed E-state index contributed by atoms with van der Waals surface area (Å²) in [4.78, 5) is 44.9. The van der Waals surface area contributed by atoms with Gasteiger partial charge in [0.05, 0.1) is 56.0 Å². The van der Waals surface area contributed by atoms with Crippen molar-refractivity contribution in [1.82, 2.24) is 19.9 Å². The molecule has 0 aliphatic carbocycles. The maximum absolute atomic E-state index is 12.2. The van der Waals surface area contributed by atoms with Crippen molar-refractivity contribution < 1.29 is 23.8 Å². The van der Waals surface area contributed by atoms with Gasteiger partial charge in [0.2, 0.25) is 0 Å². The summed E-state index contributed by atoms with van der Waals surface area (Å²) in [7, 11) is 0. The first-order valence-electron chi connectivity index (χ1n) is 21.0. The number of benzene rings is 8. The van der Waals surface area contributed by atoms with Crippen molar-refractivity contribution >= 4 is 33.6 Å². The van der Waals surface area contributed by atoms with Crippen LogP contribution in [0.25, 0.3) is 67.1 Å². The van der Waals surface area contributed by atoms with Gasteiger partial charge in [0.25, 0.3) is 0 Å². The van der Waals surface area contributed by atoms with E-state index in [2.05, 4.69) is 0 Å². The van der Waals surface area contributed by atoms with E-state index in [0.717, 1.165) is 45.0 Å². The second kappa shape index (κ2) is 17.5. The van der Waals surface area contributed by atoms with Crippen LogP contribution in [0.15, 0.2) is 194 Å². The summed E-state index contributed by atoms with van der Waals surface area (Å²) in [5.41, 5.74) is 10.2. The second-order valence-corrected chi connectivity index (χ2v) is 15.3. The van der Waals surface area contributed by atoms with Gasteiger partial charge in [-0.1, -0.05) is 84.9 Å². The number of aromatic nitrogens is 4. The van der Waals surface area contributed by atoms with Gasteiger partial charge in [-0.25, -0.2) is 19.9 Å². The minimum Gasteiger partial charge on any atom is -0.457 e. The molecule has 0 saturated carbocycles. The normalized spacial score (nSPS) is 11.0. The Morgan fingerprint density at radius 1 is 0.323 bits per heavy atom. The highest BCUT2D eigenvalue weighted by atomic mass is 16.5. The van der Waals surface area contributed by atoms with Crippen LogP contribution in [0.4, 0.5) is 0 Å². The minimum absolute atomic E-state index is 0.0735. The summed E-state index contributed by atoms with van der Waals surface area (Å²) in [6, 6.07) is 61.0. The Bertz CT molecular complexity index is 3170. The van der Waals surface area contributed by atoms with E-state index in [1.165, 1.54) is 13.8 Å². The molecular weight excluding hydrogens is 809 g/mol. The lowest BCUT2D eigenvalue weighted by Gasteiger charge is -2.14. The molecule has 65 heavy (non-hydrogen) atoms. The molecule has 0 saturated heterocycles. The fourth-order valence-corrected chi connectivity index (χ4v) is 7.64. The van der Waals surface area contributed by atoms with Gasteiger partial charge in [0.1, 0.15) is 34.5 Å². The Labute approximate surface area is 374 Å². The Morgan fingerprint density at radius 2 is 0.646 bits per heavy atom. The van der Waals surface area contributed by atoms with Crippen molar-refractivity contribution in [1.29, 1.82) is 0 Å². The van der Waals surface area contributed by atoms with Crippen molar-refractivity contribution in [3.8, 4) is 79.5 Å². The van der Waals surface area contributed by atoms with Crippen LogP contribution >= 0.6 is 0 Å². The highest BCUT2D eigenvalue weighted by Gasteiger charge is 2.18. The van der Waals surface area contributed by atoms with E-state index in [-0.39, 0.29) is 11.6 Å². The molecule has 0 atom stereocenters. The molecule has 0 radical (unpaired) electrons. The van der Waals surface area contributed by atoms with Gasteiger partial charge in [0, 0.05) is 34.4 Å². The summed E-state index contributed by atoms with van der Waals surface area (Å²) in [5, 5.41) is 0. The highest BCUT2D eigenvalue weighted by Crippen LogP contribution is 2.37. The fourth-order valence-electron chi connectivity index (χ4n) is 7.64. The van der Waals surface area contributed by atoms with Crippen molar-refractivity contribution in [2.75, 3.05) is 0 Å². The zero-order valence-corrected chi connectivity index (χ0v) is 35.3. The van der Waals surface area contributed by atoms with Gasteiger partial charge >= 0.3 is 0 Å². The van der Waals surface area contributed by atoms with Crippen LogP contribution in [0, 0.1) is 0 Å². The van der Waals surface area contributed by atoms with E-state index in [0.29, 0.717) is 67.7 Å². The van der Waals surface area contributed by atoms with E-state index in [4.69, 9.17) is 34.1 Å². The number of ether oxygens (including phenoxy) is 3. The van der Waals surface area contributed by atoms with E-state index in [9.17, 15) is 9.59 Å². The first-order chi connectivity index (χ1) is 31.8. The number of para-hydroxylation sites is 2. The zero-order valence-electron chi connectivity index (χ0n) is 35.3. The van der Waals surface area contributed by atoms with E-state index < -0.39 is 0 Å². The Morgan fingerprint density at radius 3 is 1.03 bits per heavy atom. The molecule has 312 valence electrons. The van der Waals surface area contributed by atoms with Gasteiger partial charge < -0.3 is 14.2 Å². The molecule has 0 aliphatic rings. The topological polar surface area (TPSA) is 113 Å². The molecule has 0 unspecified atom stereocenters. The number of ketones is 2. The number of hydrogen-bond acceptors (Lipinski definition) is 9. The molecule has 0 aliphatic heterocycles. The Hall–Kier alpha value is -8.82. The number of carbonyl (C=O) groups excluding carboxylic acids is 2. The van der Waals surface area contributed by atoms with Crippen LogP contribution in [-0.2, 0) is 0 Å². The third-order valence-corrected chi connectivity index (χ3v) is 10.8. The number of fused-ring (bicyclic) bond motifs is 2. The van der Waals surface area contributed by atoms with Crippen molar-refractivity contribution in [2.24, 2.45) is 0 Å². The number of Topliss-reactive ketones (excluding diaryl/α,β-unsaturated/α-hetero) is 2. The van der Waals surface area contributed by atoms with Crippen LogP contribution < -0.4 is 14.2 Å². The van der Waals surface area contributed by atoms with Gasteiger partial charge in [-0.2, -0.15) is 0 Å². The molecule has 10 rings (SSSR count). The monoisotopic (exact) mass is 846 g/mol. The molecule has 0 spiro atoms. The lowest BCUT2D eigenvalue weighted by molar-refractivity contribution is 0.100. The molecular formula is C56H38N4O5. The molecule has 2 aromatic heterocycles. The SMILES string of the molecule is CC(=O)c1ccccc1Oc1ccc2nc(-c3ccc(Oc4ccc(-c5nc6ccc(Oc7ccccc7C(C)=O)cc6nc5-c5ccccc5)cc4)cc3)c(-c3ccccc3)nc2c1. The summed E-state index contributed by atoms with van der Waals surface area (Å²) in [6.07, 6.45) is 0. The third kappa shape index (κ3) is 8.54. The molecule has 2 heterocycles. The van der Waals surface area contributed by atoms with Gasteiger partial charge in [-0.15, -0.1) is 0 Å². The smallest absolute Gasteiger partial charge is 0.163 e. The van der Waals surface area contributed by atoms with Crippen molar-refractivity contribution in [2.45, 2.75) is 13.8 Å². The molecule has 10 aromatic rings. The molecule has 9 nitrogen and oxygen atoms in total. The van der Waals surface area contributed by atoms with Crippen molar-refractivity contribution in [3.05, 3.63) is 205 Å². The lowest BCUT2D eigenvalue weighted by atomic mass is 10.0. The first kappa shape index (κ1) is 40.3. The molecule has 0 bridgehead atoms. The minimum atomic E-state index is -0.0735. The van der Waals surface area contributed by atoms with E-state index in [1.807, 2.05) is 170 Å². The summed E-state index contributed by atoms with van der Waals surface area (Å²) >= 11 is 0. The summed E-state index contributed by atoms with van der Waals surface area (Å²) in [6.45, 7) is 3.05. The quantitative estimate of drug-likeness (QED) is 0.111. The lowest BCUT2D eigenvalue weighted by Crippen LogP contribution is -1.98. The van der Waals surface area contributed by atoms with Crippen LogP contribution in [0.2, 0.25) is 0 Å². The number of hydrogen-bond donors (Lipinski definition) is 0. The van der Waals surface area contributed by atoms with E-state index in [1.54, 1.807) is 24.3 Å². The number of nitrogens with zero attached hydrogens (tertiary/aromatic N) is 4. The first-order valence-corrected chi connectivity index (χ1v) is 21.0. The van der Waals surface area contributed by atoms with Crippen LogP contribution in [-0.4, -0.2) is 31.5 Å². The van der Waals surface area contributed by atoms with Gasteiger partial charge in [-0.05, 0) is 111 Å². The second-order valence-electron chi connectivity index (χ2n) is 15.3. The van der Waals surface area contributed by atoms with Crippen molar-refractivity contribution in [3.63, 3.8) is 0 Å². The van der Waals surface area contributed by atoms with Gasteiger partial charge in [-0.3, -0.25) is 9.59 Å². The Balaban J connectivity index is 0.918. The largest absolute Gasteiger partial charge is 0.457 e. The maximum atomic E-state index is 12.2. The summed E-state index contributed by atoms with van der Waals surface area (Å²) in [5.74, 6) is 3.25. The van der Waals surface area contributed by atoms with Crippen LogP contribution in [0.1, 0.15) is 34.6 Å². The summed E-state index contributed by atoms with van der Waals surface area (Å²) < 4.78 is 18.7. The molecule has 8 aromatic carbocycles. The number of carbonyl (C=O) groups is 2. The molecule has 9 heteroatoms. The standard InChI is InChI=1S/C56H38N4O5/c1-35(61)45-17-9-11-19-51(45)64-43-29-31-47-49(33-43)59-53(37-13-5-3-6-14-37)55(57-47)39-21-25-41(26-22-39)63-42-27-23-40(24-28-42)56-54(38-15-7-4-8-16-38)60-50-34-44(30-32-48(50)58-56)65-52-20-12-10-18-46(52)36(2)62/h3-34H,1-2H3. The predicted octanol–water partition coefficient (Wildman–Crippen LogP) is 14.0. The maximum Gasteiger partial charge on any atom is 0.163 e.